The number of benzene rings is 2. The van der Waals surface area contributed by atoms with Crippen molar-refractivity contribution in [3.8, 4) is 17.2 Å². The van der Waals surface area contributed by atoms with E-state index in [0.717, 1.165) is 0 Å². The van der Waals surface area contributed by atoms with Crippen LogP contribution in [-0.2, 0) is 14.3 Å². The van der Waals surface area contributed by atoms with Gasteiger partial charge in [-0.2, -0.15) is 0 Å². The number of amides is 1. The summed E-state index contributed by atoms with van der Waals surface area (Å²) in [5.74, 6) is 0.0337. The van der Waals surface area contributed by atoms with Crippen LogP contribution in [0.4, 0.5) is 0 Å². The van der Waals surface area contributed by atoms with Crippen LogP contribution >= 0.6 is 0 Å². The Labute approximate surface area is 185 Å². The summed E-state index contributed by atoms with van der Waals surface area (Å²) >= 11 is 0. The van der Waals surface area contributed by atoms with Crippen molar-refractivity contribution in [2.45, 2.75) is 13.0 Å². The van der Waals surface area contributed by atoms with E-state index in [-0.39, 0.29) is 24.5 Å². The molecule has 0 aromatic heterocycles. The van der Waals surface area contributed by atoms with Crippen molar-refractivity contribution in [1.29, 1.82) is 0 Å². The third-order valence-corrected chi connectivity index (χ3v) is 5.40. The maximum atomic E-state index is 13.0. The number of ketones is 1. The molecule has 1 fully saturated rings. The van der Waals surface area contributed by atoms with Gasteiger partial charge >= 0.3 is 0 Å². The number of Topliss-reactive ketones (excluding diaryl/α,β-unsaturated/α-hetero) is 1. The van der Waals surface area contributed by atoms with Gasteiger partial charge in [0.15, 0.2) is 11.5 Å². The smallest absolute Gasteiger partial charge is 0.295 e. The third kappa shape index (κ3) is 4.01. The van der Waals surface area contributed by atoms with E-state index >= 15 is 0 Å². The zero-order chi connectivity index (χ0) is 22.7. The molecule has 0 aliphatic carbocycles. The molecule has 0 bridgehead atoms. The number of ether oxygens (including phenoxy) is 4. The van der Waals surface area contributed by atoms with Crippen molar-refractivity contribution in [1.82, 2.24) is 4.90 Å². The van der Waals surface area contributed by atoms with Gasteiger partial charge in [-0.05, 0) is 42.8 Å². The van der Waals surface area contributed by atoms with E-state index in [1.54, 1.807) is 42.5 Å². The fourth-order valence-electron chi connectivity index (χ4n) is 3.91. The van der Waals surface area contributed by atoms with E-state index in [0.29, 0.717) is 48.2 Å². The molecule has 2 aliphatic heterocycles. The molecule has 168 valence electrons. The molecule has 2 aromatic rings. The Morgan fingerprint density at radius 2 is 1.81 bits per heavy atom. The lowest BCUT2D eigenvalue weighted by Gasteiger charge is -2.25. The maximum absolute atomic E-state index is 13.0. The van der Waals surface area contributed by atoms with Gasteiger partial charge in [0.2, 0.25) is 0 Å². The zero-order valence-electron chi connectivity index (χ0n) is 18.0. The van der Waals surface area contributed by atoms with Crippen molar-refractivity contribution in [3.05, 3.63) is 59.2 Å². The van der Waals surface area contributed by atoms with Gasteiger partial charge in [-0.25, -0.2) is 0 Å². The van der Waals surface area contributed by atoms with Gasteiger partial charge in [0.25, 0.3) is 11.7 Å². The molecule has 2 heterocycles. The summed E-state index contributed by atoms with van der Waals surface area (Å²) in [4.78, 5) is 27.3. The number of methoxy groups -OCH3 is 1. The third-order valence-electron chi connectivity index (χ3n) is 5.40. The number of carbonyl (C=O) groups excluding carboxylic acids is 2. The Morgan fingerprint density at radius 1 is 1.09 bits per heavy atom. The van der Waals surface area contributed by atoms with E-state index in [4.69, 9.17) is 18.9 Å². The van der Waals surface area contributed by atoms with Gasteiger partial charge in [0.1, 0.15) is 24.7 Å². The van der Waals surface area contributed by atoms with Crippen molar-refractivity contribution in [2.75, 3.05) is 40.1 Å². The summed E-state index contributed by atoms with van der Waals surface area (Å²) in [6.07, 6.45) is 0. The van der Waals surface area contributed by atoms with Crippen LogP contribution < -0.4 is 14.2 Å². The van der Waals surface area contributed by atoms with Crippen LogP contribution in [0.3, 0.4) is 0 Å². The number of rotatable bonds is 7. The Morgan fingerprint density at radius 3 is 2.50 bits per heavy atom. The molecule has 2 aliphatic rings. The van der Waals surface area contributed by atoms with Crippen molar-refractivity contribution in [2.24, 2.45) is 0 Å². The molecule has 1 amide bonds. The molecule has 8 nitrogen and oxygen atoms in total. The van der Waals surface area contributed by atoms with Gasteiger partial charge in [-0.3, -0.25) is 9.59 Å². The molecule has 2 aromatic carbocycles. The first kappa shape index (κ1) is 21.7. The summed E-state index contributed by atoms with van der Waals surface area (Å²) in [6, 6.07) is 11.3. The molecule has 0 radical (unpaired) electrons. The highest BCUT2D eigenvalue weighted by molar-refractivity contribution is 6.46. The monoisotopic (exact) mass is 439 g/mol. The van der Waals surface area contributed by atoms with E-state index in [9.17, 15) is 14.7 Å². The molecule has 8 heteroatoms. The second-order valence-corrected chi connectivity index (χ2v) is 7.35. The Hall–Kier alpha value is -3.52. The molecule has 0 saturated carbocycles. The minimum absolute atomic E-state index is 0.0203. The maximum Gasteiger partial charge on any atom is 0.295 e. The number of hydrogen-bond acceptors (Lipinski definition) is 7. The fraction of sp³-hybridized carbons (Fsp3) is 0.333. The first-order chi connectivity index (χ1) is 15.5. The molecular formula is C24H25NO7. The van der Waals surface area contributed by atoms with Crippen molar-refractivity contribution in [3.63, 3.8) is 0 Å². The summed E-state index contributed by atoms with van der Waals surface area (Å²) in [5, 5.41) is 11.2. The van der Waals surface area contributed by atoms with Crippen LogP contribution in [0.2, 0.25) is 0 Å². The number of aliphatic hydroxyl groups is 1. The van der Waals surface area contributed by atoms with Crippen LogP contribution in [0.15, 0.2) is 48.0 Å². The second-order valence-electron chi connectivity index (χ2n) is 7.35. The highest BCUT2D eigenvalue weighted by atomic mass is 16.6. The quantitative estimate of drug-likeness (QED) is 0.403. The van der Waals surface area contributed by atoms with E-state index in [1.165, 1.54) is 12.0 Å². The highest BCUT2D eigenvalue weighted by Crippen LogP contribution is 2.41. The lowest BCUT2D eigenvalue weighted by molar-refractivity contribution is -0.140. The number of nitrogens with zero attached hydrogens (tertiary/aromatic N) is 1. The number of fused-ring (bicyclic) bond motifs is 1. The summed E-state index contributed by atoms with van der Waals surface area (Å²) < 4.78 is 21.8. The van der Waals surface area contributed by atoms with E-state index in [2.05, 4.69) is 0 Å². The average molecular weight is 439 g/mol. The van der Waals surface area contributed by atoms with Gasteiger partial charge in [0.05, 0.1) is 24.8 Å². The predicted molar refractivity (Wildman–Crippen MR) is 116 cm³/mol. The van der Waals surface area contributed by atoms with Gasteiger partial charge in [-0.1, -0.05) is 12.1 Å². The minimum Gasteiger partial charge on any atom is -0.507 e. The topological polar surface area (TPSA) is 94.5 Å². The predicted octanol–water partition coefficient (Wildman–Crippen LogP) is 2.92. The fourth-order valence-corrected chi connectivity index (χ4v) is 3.91. The van der Waals surface area contributed by atoms with Crippen molar-refractivity contribution < 1.29 is 33.6 Å². The Balaban J connectivity index is 1.79. The van der Waals surface area contributed by atoms with Crippen molar-refractivity contribution >= 4 is 17.4 Å². The lowest BCUT2D eigenvalue weighted by Crippen LogP contribution is -2.32. The SMILES string of the molecule is CCOc1ccc(C2C(=C(O)c3ccc4c(c3)OCCO4)C(=O)C(=O)N2CCOC)cc1. The molecule has 1 N–H and O–H groups in total. The van der Waals surface area contributed by atoms with Gasteiger partial charge < -0.3 is 29.0 Å². The van der Waals surface area contributed by atoms with Crippen LogP contribution in [0.25, 0.3) is 5.76 Å². The molecule has 1 saturated heterocycles. The van der Waals surface area contributed by atoms with E-state index in [1.807, 2.05) is 6.92 Å². The molecular weight excluding hydrogens is 414 g/mol. The van der Waals surface area contributed by atoms with Crippen LogP contribution in [0, 0.1) is 0 Å². The van der Waals surface area contributed by atoms with Gasteiger partial charge in [-0.15, -0.1) is 0 Å². The average Bonchev–Trinajstić information content (AvgIpc) is 3.07. The van der Waals surface area contributed by atoms with Gasteiger partial charge in [0, 0.05) is 19.2 Å². The first-order valence-corrected chi connectivity index (χ1v) is 10.4. The second kappa shape index (κ2) is 9.32. The number of aliphatic hydroxyl groups excluding tert-OH is 1. The first-order valence-electron chi connectivity index (χ1n) is 10.4. The number of likely N-dealkylation sites (tertiary alicyclic amines) is 1. The highest BCUT2D eigenvalue weighted by Gasteiger charge is 2.46. The summed E-state index contributed by atoms with van der Waals surface area (Å²) in [7, 11) is 1.53. The summed E-state index contributed by atoms with van der Waals surface area (Å²) in [5.41, 5.74) is 1.07. The standard InChI is InChI=1S/C24H25NO7/c1-3-30-17-7-4-15(5-8-17)21-20(23(27)24(28)25(21)10-11-29-2)22(26)16-6-9-18-19(14-16)32-13-12-31-18/h4-9,14,21,26H,3,10-13H2,1-2H3. The Bertz CT molecular complexity index is 1040. The molecule has 32 heavy (non-hydrogen) atoms. The molecule has 0 spiro atoms. The Kier molecular flexibility index (Phi) is 6.32. The van der Waals surface area contributed by atoms with Crippen LogP contribution in [0.5, 0.6) is 17.2 Å². The number of hydrogen-bond donors (Lipinski definition) is 1. The summed E-state index contributed by atoms with van der Waals surface area (Å²) in [6.45, 7) is 3.71. The zero-order valence-corrected chi connectivity index (χ0v) is 18.0. The van der Waals surface area contributed by atoms with E-state index < -0.39 is 17.7 Å². The van der Waals surface area contributed by atoms with Crippen LogP contribution in [0.1, 0.15) is 24.1 Å². The normalized spacial score (nSPS) is 19.3. The number of carbonyl (C=O) groups is 2. The minimum atomic E-state index is -0.756. The van der Waals surface area contributed by atoms with Crippen LogP contribution in [-0.4, -0.2) is 61.8 Å². The molecule has 1 unspecified atom stereocenters. The lowest BCUT2D eigenvalue weighted by atomic mass is 9.95. The molecule has 1 atom stereocenters. The molecule has 4 rings (SSSR count). The largest absolute Gasteiger partial charge is 0.507 e.